The first-order valence-corrected chi connectivity index (χ1v) is 9.10. The zero-order chi connectivity index (χ0) is 18.3. The molecule has 0 bridgehead atoms. The molecule has 1 saturated carbocycles. The zero-order valence-electron chi connectivity index (χ0n) is 14.0. The molecule has 0 radical (unpaired) electrons. The van der Waals surface area contributed by atoms with E-state index in [-0.39, 0.29) is 23.2 Å². The molecule has 0 aliphatic heterocycles. The quantitative estimate of drug-likeness (QED) is 0.814. The van der Waals surface area contributed by atoms with Crippen molar-refractivity contribution >= 4 is 21.4 Å². The van der Waals surface area contributed by atoms with E-state index in [0.717, 1.165) is 17.7 Å². The van der Waals surface area contributed by atoms with Gasteiger partial charge < -0.3 is 5.32 Å². The largest absolute Gasteiger partial charge is 0.341 e. The van der Waals surface area contributed by atoms with Crippen LogP contribution in [-0.2, 0) is 14.6 Å². The van der Waals surface area contributed by atoms with Crippen LogP contribution in [0.4, 0.5) is 14.5 Å². The summed E-state index contributed by atoms with van der Waals surface area (Å²) in [7, 11) is -4.62. The molecule has 7 heteroatoms. The Morgan fingerprint density at radius 2 is 1.75 bits per heavy atom. The fraction of sp³-hybridized carbons (Fsp3) is 0.471. The van der Waals surface area contributed by atoms with E-state index in [4.69, 9.17) is 0 Å². The van der Waals surface area contributed by atoms with Crippen molar-refractivity contribution in [1.29, 1.82) is 0 Å². The van der Waals surface area contributed by atoms with Gasteiger partial charge in [-0.3, -0.25) is 4.79 Å². The zero-order valence-corrected chi connectivity index (χ0v) is 14.8. The van der Waals surface area contributed by atoms with Crippen molar-refractivity contribution in [1.82, 2.24) is 0 Å². The number of alkyl halides is 2. The topological polar surface area (TPSA) is 63.2 Å². The summed E-state index contributed by atoms with van der Waals surface area (Å²) in [5, 5.41) is 2.72. The van der Waals surface area contributed by atoms with E-state index in [1.165, 1.54) is 12.1 Å². The summed E-state index contributed by atoms with van der Waals surface area (Å²) in [5.41, 5.74) is 1.39. The molecular formula is C17H21F2NO3S. The fourth-order valence-corrected chi connectivity index (χ4v) is 3.62. The van der Waals surface area contributed by atoms with Gasteiger partial charge in [-0.2, -0.15) is 8.78 Å². The van der Waals surface area contributed by atoms with Crippen LogP contribution >= 0.6 is 0 Å². The van der Waals surface area contributed by atoms with Crippen molar-refractivity contribution in [3.05, 3.63) is 35.9 Å². The van der Waals surface area contributed by atoms with Gasteiger partial charge in [-0.25, -0.2) is 8.42 Å². The number of amides is 1. The second-order valence-electron chi connectivity index (χ2n) is 6.89. The molecule has 1 aromatic rings. The van der Waals surface area contributed by atoms with E-state index in [1.807, 2.05) is 27.7 Å². The van der Waals surface area contributed by atoms with Gasteiger partial charge in [0.1, 0.15) is 0 Å². The third-order valence-electron chi connectivity index (χ3n) is 4.39. The van der Waals surface area contributed by atoms with E-state index in [0.29, 0.717) is 5.69 Å². The summed E-state index contributed by atoms with van der Waals surface area (Å²) in [5.74, 6) is -3.64. The van der Waals surface area contributed by atoms with Gasteiger partial charge >= 0.3 is 5.76 Å². The van der Waals surface area contributed by atoms with Gasteiger partial charge in [0.05, 0.1) is 10.8 Å². The van der Waals surface area contributed by atoms with Crippen molar-refractivity contribution in [2.24, 2.45) is 17.3 Å². The van der Waals surface area contributed by atoms with Gasteiger partial charge in [0.15, 0.2) is 0 Å². The van der Waals surface area contributed by atoms with Crippen LogP contribution in [0, 0.1) is 17.3 Å². The van der Waals surface area contributed by atoms with Gasteiger partial charge in [-0.1, -0.05) is 25.5 Å². The summed E-state index contributed by atoms with van der Waals surface area (Å²) >= 11 is 0. The van der Waals surface area contributed by atoms with E-state index in [9.17, 15) is 22.0 Å². The molecule has 2 rings (SSSR count). The lowest BCUT2D eigenvalue weighted by molar-refractivity contribution is -0.118. The first kappa shape index (κ1) is 18.6. The number of hydrogen-bond donors (Lipinski definition) is 1. The van der Waals surface area contributed by atoms with Crippen LogP contribution in [0.3, 0.4) is 0 Å². The number of nitrogens with one attached hydrogen (secondary N) is 1. The maximum Gasteiger partial charge on any atom is 0.341 e. The molecule has 0 aromatic heterocycles. The highest BCUT2D eigenvalue weighted by Crippen LogP contribution is 2.59. The van der Waals surface area contributed by atoms with E-state index >= 15 is 0 Å². The van der Waals surface area contributed by atoms with Gasteiger partial charge in [0.2, 0.25) is 15.7 Å². The molecule has 2 atom stereocenters. The Bertz CT molecular complexity index is 764. The van der Waals surface area contributed by atoms with Crippen LogP contribution in [0.25, 0.3) is 0 Å². The SMILES string of the molecule is CC(C)=C[C@H]1[C@@H](C(=O)Nc2ccc(S(=O)(=O)C(F)F)cc2)C1(C)C. The standard InChI is InChI=1S/C17H21F2NO3S/c1-10(2)9-13-14(17(13,3)4)15(21)20-11-5-7-12(8-6-11)24(22,23)16(18)19/h5-9,13-14,16H,1-4H3,(H,20,21)/t13-,14-/m0/s1. The van der Waals surface area contributed by atoms with Gasteiger partial charge in [-0.15, -0.1) is 0 Å². The van der Waals surface area contributed by atoms with Crippen molar-refractivity contribution in [3.63, 3.8) is 0 Å². The Labute approximate surface area is 140 Å². The fourth-order valence-electron chi connectivity index (χ4n) is 2.90. The van der Waals surface area contributed by atoms with Crippen LogP contribution in [-0.4, -0.2) is 20.1 Å². The average Bonchev–Trinajstić information content (AvgIpc) is 2.99. The summed E-state index contributed by atoms with van der Waals surface area (Å²) in [4.78, 5) is 11.9. The molecule has 1 aliphatic carbocycles. The third kappa shape index (κ3) is 3.50. The number of carbonyl (C=O) groups is 1. The summed E-state index contributed by atoms with van der Waals surface area (Å²) < 4.78 is 47.7. The summed E-state index contributed by atoms with van der Waals surface area (Å²) in [6, 6.07) is 4.78. The summed E-state index contributed by atoms with van der Waals surface area (Å²) in [6.45, 7) is 7.98. The number of anilines is 1. The van der Waals surface area contributed by atoms with Gasteiger partial charge in [0.25, 0.3) is 0 Å². The molecule has 0 spiro atoms. The molecule has 0 saturated heterocycles. The minimum absolute atomic E-state index is 0.139. The van der Waals surface area contributed by atoms with Crippen molar-refractivity contribution in [3.8, 4) is 0 Å². The number of carbonyl (C=O) groups excluding carboxylic acids is 1. The molecule has 1 N–H and O–H groups in total. The first-order chi connectivity index (χ1) is 11.0. The smallest absolute Gasteiger partial charge is 0.326 e. The molecule has 0 heterocycles. The lowest BCUT2D eigenvalue weighted by Gasteiger charge is -2.08. The Morgan fingerprint density at radius 3 is 2.21 bits per heavy atom. The molecular weight excluding hydrogens is 336 g/mol. The number of allylic oxidation sites excluding steroid dienone is 2. The Hall–Kier alpha value is -1.76. The highest BCUT2D eigenvalue weighted by atomic mass is 32.2. The van der Waals surface area contributed by atoms with Gasteiger partial charge in [0, 0.05) is 5.69 Å². The van der Waals surface area contributed by atoms with Crippen molar-refractivity contribution in [2.75, 3.05) is 5.32 Å². The van der Waals surface area contributed by atoms with Crippen LogP contribution in [0.5, 0.6) is 0 Å². The number of hydrogen-bond acceptors (Lipinski definition) is 3. The Morgan fingerprint density at radius 1 is 1.21 bits per heavy atom. The van der Waals surface area contributed by atoms with Crippen molar-refractivity contribution in [2.45, 2.75) is 38.3 Å². The average molecular weight is 357 g/mol. The monoisotopic (exact) mass is 357 g/mol. The number of benzene rings is 1. The molecule has 1 fully saturated rings. The molecule has 1 aliphatic rings. The van der Waals surface area contributed by atoms with E-state index in [2.05, 4.69) is 11.4 Å². The Kier molecular flexibility index (Phi) is 4.86. The van der Waals surface area contributed by atoms with E-state index < -0.39 is 20.5 Å². The normalized spacial score (nSPS) is 22.1. The highest BCUT2D eigenvalue weighted by Gasteiger charge is 2.60. The second kappa shape index (κ2) is 6.27. The maximum absolute atomic E-state index is 12.5. The number of rotatable bonds is 5. The Balaban J connectivity index is 2.10. The molecule has 4 nitrogen and oxygen atoms in total. The molecule has 1 aromatic carbocycles. The minimum atomic E-state index is -4.62. The minimum Gasteiger partial charge on any atom is -0.326 e. The van der Waals surface area contributed by atoms with Crippen molar-refractivity contribution < 1.29 is 22.0 Å². The lowest BCUT2D eigenvalue weighted by atomic mass is 10.1. The van der Waals surface area contributed by atoms with Crippen LogP contribution in [0.2, 0.25) is 0 Å². The molecule has 0 unspecified atom stereocenters. The van der Waals surface area contributed by atoms with E-state index in [1.54, 1.807) is 0 Å². The highest BCUT2D eigenvalue weighted by molar-refractivity contribution is 7.91. The first-order valence-electron chi connectivity index (χ1n) is 7.56. The van der Waals surface area contributed by atoms with Gasteiger partial charge in [-0.05, 0) is 49.4 Å². The maximum atomic E-state index is 12.5. The predicted molar refractivity (Wildman–Crippen MR) is 88.5 cm³/mol. The van der Waals surface area contributed by atoms with Crippen LogP contribution < -0.4 is 5.32 Å². The molecule has 132 valence electrons. The predicted octanol–water partition coefficient (Wildman–Crippen LogP) is 3.86. The molecule has 24 heavy (non-hydrogen) atoms. The van der Waals surface area contributed by atoms with Crippen LogP contribution in [0.1, 0.15) is 27.7 Å². The third-order valence-corrected chi connectivity index (χ3v) is 5.79. The second-order valence-corrected chi connectivity index (χ2v) is 8.81. The number of sulfone groups is 1. The number of halogens is 2. The summed E-state index contributed by atoms with van der Waals surface area (Å²) in [6.07, 6.45) is 2.07. The van der Waals surface area contributed by atoms with Crippen LogP contribution in [0.15, 0.2) is 40.8 Å². The lowest BCUT2D eigenvalue weighted by Crippen LogP contribution is -2.17. The molecule has 1 amide bonds.